The van der Waals surface area contributed by atoms with Crippen LogP contribution in [0.2, 0.25) is 0 Å². The first-order valence-electron chi connectivity index (χ1n) is 7.73. The van der Waals surface area contributed by atoms with Crippen molar-refractivity contribution < 1.29 is 19.1 Å². The van der Waals surface area contributed by atoms with E-state index in [1.807, 2.05) is 32.0 Å². The molecule has 2 aromatic rings. The Kier molecular flexibility index (Phi) is 5.98. The second-order valence-electron chi connectivity index (χ2n) is 5.27. The summed E-state index contributed by atoms with van der Waals surface area (Å²) < 4.78 is 10.7. The van der Waals surface area contributed by atoms with E-state index in [-0.39, 0.29) is 12.5 Å². The van der Waals surface area contributed by atoms with E-state index in [1.54, 1.807) is 26.0 Å². The largest absolute Gasteiger partial charge is 0.481 e. The van der Waals surface area contributed by atoms with Crippen molar-refractivity contribution in [1.29, 1.82) is 0 Å². The van der Waals surface area contributed by atoms with Crippen molar-refractivity contribution >= 4 is 28.2 Å². The lowest BCUT2D eigenvalue weighted by Gasteiger charge is -2.14. The van der Waals surface area contributed by atoms with Gasteiger partial charge < -0.3 is 14.8 Å². The Hall–Kier alpha value is -2.34. The number of rotatable bonds is 6. The van der Waals surface area contributed by atoms with E-state index in [0.717, 1.165) is 10.4 Å². The summed E-state index contributed by atoms with van der Waals surface area (Å²) in [6.07, 6.45) is -0.690. The van der Waals surface area contributed by atoms with Gasteiger partial charge >= 0.3 is 5.97 Å². The van der Waals surface area contributed by atoms with Crippen molar-refractivity contribution in [2.45, 2.75) is 33.8 Å². The number of para-hydroxylation sites is 1. The molecule has 0 saturated heterocycles. The van der Waals surface area contributed by atoms with Crippen LogP contribution in [0.15, 0.2) is 30.3 Å². The lowest BCUT2D eigenvalue weighted by molar-refractivity contribution is -0.122. The van der Waals surface area contributed by atoms with Crippen LogP contribution in [0.1, 0.15) is 34.6 Å². The van der Waals surface area contributed by atoms with Crippen molar-refractivity contribution in [2.75, 3.05) is 11.9 Å². The first-order valence-corrected chi connectivity index (χ1v) is 8.55. The SMILES string of the molecule is CCOC(=O)c1c(NC(=O)[C@@H](C)Oc2ccccc2)sc(C)c1C. The second kappa shape index (κ2) is 7.97. The van der Waals surface area contributed by atoms with Crippen molar-refractivity contribution in [3.8, 4) is 5.75 Å². The Morgan fingerprint density at radius 2 is 1.88 bits per heavy atom. The molecular weight excluding hydrogens is 326 g/mol. The molecule has 128 valence electrons. The average molecular weight is 347 g/mol. The fourth-order valence-electron chi connectivity index (χ4n) is 2.13. The molecular formula is C18H21NO4S. The van der Waals surface area contributed by atoms with E-state index in [2.05, 4.69) is 5.32 Å². The summed E-state index contributed by atoms with van der Waals surface area (Å²) in [5.74, 6) is -0.124. The van der Waals surface area contributed by atoms with Crippen LogP contribution in [0.4, 0.5) is 5.00 Å². The Morgan fingerprint density at radius 3 is 2.50 bits per heavy atom. The predicted molar refractivity (Wildman–Crippen MR) is 94.9 cm³/mol. The zero-order chi connectivity index (χ0) is 17.7. The van der Waals surface area contributed by atoms with Crippen LogP contribution in [0.3, 0.4) is 0 Å². The number of hydrogen-bond acceptors (Lipinski definition) is 5. The summed E-state index contributed by atoms with van der Waals surface area (Å²) in [5, 5.41) is 3.28. The first kappa shape index (κ1) is 18.0. The minimum atomic E-state index is -0.690. The van der Waals surface area contributed by atoms with Gasteiger partial charge in [0.2, 0.25) is 0 Å². The third kappa shape index (κ3) is 4.14. The highest BCUT2D eigenvalue weighted by Crippen LogP contribution is 2.33. The maximum absolute atomic E-state index is 12.4. The molecule has 6 heteroatoms. The number of carbonyl (C=O) groups excluding carboxylic acids is 2. The lowest BCUT2D eigenvalue weighted by Crippen LogP contribution is -2.30. The molecule has 5 nitrogen and oxygen atoms in total. The van der Waals surface area contributed by atoms with Crippen molar-refractivity contribution in [2.24, 2.45) is 0 Å². The molecule has 1 amide bonds. The van der Waals surface area contributed by atoms with E-state index in [4.69, 9.17) is 9.47 Å². The molecule has 24 heavy (non-hydrogen) atoms. The zero-order valence-electron chi connectivity index (χ0n) is 14.2. The topological polar surface area (TPSA) is 64.6 Å². The minimum absolute atomic E-state index is 0.286. The Morgan fingerprint density at radius 1 is 1.21 bits per heavy atom. The van der Waals surface area contributed by atoms with E-state index < -0.39 is 12.1 Å². The van der Waals surface area contributed by atoms with Gasteiger partial charge in [0.05, 0.1) is 12.2 Å². The molecule has 0 saturated carbocycles. The zero-order valence-corrected chi connectivity index (χ0v) is 15.0. The summed E-state index contributed by atoms with van der Waals surface area (Å²) in [5.41, 5.74) is 1.24. The number of esters is 1. The highest BCUT2D eigenvalue weighted by molar-refractivity contribution is 7.16. The monoisotopic (exact) mass is 347 g/mol. The third-order valence-electron chi connectivity index (χ3n) is 3.53. The number of anilines is 1. The van der Waals surface area contributed by atoms with Gasteiger partial charge in [0.15, 0.2) is 6.10 Å². The van der Waals surface area contributed by atoms with Crippen LogP contribution in [0.25, 0.3) is 0 Å². The van der Waals surface area contributed by atoms with Crippen LogP contribution >= 0.6 is 11.3 Å². The molecule has 0 fully saturated rings. The minimum Gasteiger partial charge on any atom is -0.481 e. The number of hydrogen-bond donors (Lipinski definition) is 1. The van der Waals surface area contributed by atoms with Crippen LogP contribution in [0, 0.1) is 13.8 Å². The van der Waals surface area contributed by atoms with E-state index in [0.29, 0.717) is 16.3 Å². The summed E-state index contributed by atoms with van der Waals surface area (Å²) in [4.78, 5) is 25.5. The number of carbonyl (C=O) groups is 2. The molecule has 0 radical (unpaired) electrons. The molecule has 1 aromatic carbocycles. The Balaban J connectivity index is 2.14. The summed E-state index contributed by atoms with van der Waals surface area (Å²) in [6, 6.07) is 9.12. The first-order chi connectivity index (χ1) is 11.4. The number of aryl methyl sites for hydroxylation is 1. The van der Waals surface area contributed by atoms with Gasteiger partial charge in [-0.2, -0.15) is 0 Å². The number of nitrogens with one attached hydrogen (secondary N) is 1. The number of thiophene rings is 1. The fraction of sp³-hybridized carbons (Fsp3) is 0.333. The Labute approximate surface area is 145 Å². The van der Waals surface area contributed by atoms with Crippen molar-refractivity contribution in [3.63, 3.8) is 0 Å². The molecule has 0 bridgehead atoms. The van der Waals surface area contributed by atoms with Crippen LogP contribution in [-0.4, -0.2) is 24.6 Å². The molecule has 1 atom stereocenters. The molecule has 0 spiro atoms. The van der Waals surface area contributed by atoms with Gasteiger partial charge in [0, 0.05) is 4.88 Å². The van der Waals surface area contributed by atoms with Gasteiger partial charge in [0.1, 0.15) is 10.8 Å². The number of amides is 1. The van der Waals surface area contributed by atoms with Crippen molar-refractivity contribution in [3.05, 3.63) is 46.3 Å². The van der Waals surface area contributed by atoms with Crippen LogP contribution < -0.4 is 10.1 Å². The van der Waals surface area contributed by atoms with Gasteiger partial charge in [0.25, 0.3) is 5.91 Å². The summed E-state index contributed by atoms with van der Waals surface area (Å²) in [6.45, 7) is 7.45. The molecule has 0 aliphatic carbocycles. The molecule has 0 aliphatic rings. The molecule has 0 aliphatic heterocycles. The number of ether oxygens (including phenoxy) is 2. The Bertz CT molecular complexity index is 724. The van der Waals surface area contributed by atoms with E-state index >= 15 is 0 Å². The fourth-order valence-corrected chi connectivity index (χ4v) is 3.19. The second-order valence-corrected chi connectivity index (χ2v) is 6.49. The standard InChI is InChI=1S/C18H21NO4S/c1-5-22-18(21)15-11(2)13(4)24-17(15)19-16(20)12(3)23-14-9-7-6-8-10-14/h6-10,12H,5H2,1-4H3,(H,19,20)/t12-/m1/s1. The third-order valence-corrected chi connectivity index (χ3v) is 4.65. The predicted octanol–water partition coefficient (Wildman–Crippen LogP) is 3.95. The molecule has 1 aromatic heterocycles. The summed E-state index contributed by atoms with van der Waals surface area (Å²) >= 11 is 1.36. The molecule has 1 heterocycles. The molecule has 2 rings (SSSR count). The van der Waals surface area contributed by atoms with Crippen LogP contribution in [-0.2, 0) is 9.53 Å². The smallest absolute Gasteiger partial charge is 0.341 e. The normalized spacial score (nSPS) is 11.7. The van der Waals surface area contributed by atoms with Gasteiger partial charge in [-0.3, -0.25) is 4.79 Å². The lowest BCUT2D eigenvalue weighted by atomic mass is 10.1. The maximum Gasteiger partial charge on any atom is 0.341 e. The number of benzene rings is 1. The van der Waals surface area contributed by atoms with Gasteiger partial charge in [-0.15, -0.1) is 11.3 Å². The quantitative estimate of drug-likeness (QED) is 0.804. The van der Waals surface area contributed by atoms with Gasteiger partial charge in [-0.05, 0) is 45.4 Å². The maximum atomic E-state index is 12.4. The molecule has 1 N–H and O–H groups in total. The van der Waals surface area contributed by atoms with E-state index in [9.17, 15) is 9.59 Å². The average Bonchev–Trinajstić information content (AvgIpc) is 2.82. The van der Waals surface area contributed by atoms with Crippen molar-refractivity contribution in [1.82, 2.24) is 0 Å². The molecule has 0 unspecified atom stereocenters. The summed E-state index contributed by atoms with van der Waals surface area (Å²) in [7, 11) is 0. The van der Waals surface area contributed by atoms with Gasteiger partial charge in [-0.1, -0.05) is 18.2 Å². The highest BCUT2D eigenvalue weighted by atomic mass is 32.1. The van der Waals surface area contributed by atoms with E-state index in [1.165, 1.54) is 11.3 Å². The van der Waals surface area contributed by atoms with Gasteiger partial charge in [-0.25, -0.2) is 4.79 Å². The van der Waals surface area contributed by atoms with Crippen LogP contribution in [0.5, 0.6) is 5.75 Å². The highest BCUT2D eigenvalue weighted by Gasteiger charge is 2.24.